The number of aryl methyl sites for hydroxylation is 1. The molecule has 0 N–H and O–H groups in total. The quantitative estimate of drug-likeness (QED) is 0.577. The summed E-state index contributed by atoms with van der Waals surface area (Å²) in [5.41, 5.74) is 4.53. The van der Waals surface area contributed by atoms with E-state index in [1.807, 2.05) is 18.2 Å². The molecule has 170 valence electrons. The van der Waals surface area contributed by atoms with Gasteiger partial charge in [0.2, 0.25) is 0 Å². The van der Waals surface area contributed by atoms with E-state index in [-0.39, 0.29) is 11.9 Å². The summed E-state index contributed by atoms with van der Waals surface area (Å²) in [5.74, 6) is 0.803. The van der Waals surface area contributed by atoms with Crippen molar-refractivity contribution in [3.8, 4) is 0 Å². The molecule has 33 heavy (non-hydrogen) atoms. The second-order valence-corrected chi connectivity index (χ2v) is 8.92. The zero-order valence-electron chi connectivity index (χ0n) is 19.1. The van der Waals surface area contributed by atoms with Gasteiger partial charge in [-0.05, 0) is 30.2 Å². The lowest BCUT2D eigenvalue weighted by molar-refractivity contribution is -0.135. The van der Waals surface area contributed by atoms with Crippen molar-refractivity contribution in [2.45, 2.75) is 25.9 Å². The Bertz CT molecular complexity index is 1080. The summed E-state index contributed by atoms with van der Waals surface area (Å²) in [5, 5.41) is 6.41. The minimum absolute atomic E-state index is 0.0232. The van der Waals surface area contributed by atoms with E-state index in [1.54, 1.807) is 11.3 Å². The second-order valence-electron chi connectivity index (χ2n) is 8.92. The first kappa shape index (κ1) is 21.6. The maximum Gasteiger partial charge on any atom is 0.257 e. The molecule has 3 heterocycles. The van der Waals surface area contributed by atoms with Gasteiger partial charge in [0.05, 0.1) is 18.5 Å². The highest BCUT2D eigenvalue weighted by Gasteiger charge is 2.35. The number of carbonyl (C=O) groups excluding carboxylic acids is 1. The highest BCUT2D eigenvalue weighted by atomic mass is 16.3. The lowest BCUT2D eigenvalue weighted by Gasteiger charge is -2.35. The van der Waals surface area contributed by atoms with Crippen molar-refractivity contribution in [2.24, 2.45) is 5.10 Å². The Balaban J connectivity index is 1.23. The van der Waals surface area contributed by atoms with Gasteiger partial charge in [-0.2, -0.15) is 5.10 Å². The Labute approximate surface area is 195 Å². The molecule has 5 rings (SSSR count). The molecule has 6 heteroatoms. The van der Waals surface area contributed by atoms with Gasteiger partial charge in [0.25, 0.3) is 5.91 Å². The zero-order chi connectivity index (χ0) is 22.6. The van der Waals surface area contributed by atoms with Gasteiger partial charge >= 0.3 is 0 Å². The van der Waals surface area contributed by atoms with Crippen LogP contribution < -0.4 is 0 Å². The topological polar surface area (TPSA) is 52.3 Å². The molecule has 6 nitrogen and oxygen atoms in total. The Morgan fingerprint density at radius 3 is 2.36 bits per heavy atom. The van der Waals surface area contributed by atoms with Gasteiger partial charge in [0.1, 0.15) is 11.8 Å². The highest BCUT2D eigenvalue weighted by Crippen LogP contribution is 2.33. The Morgan fingerprint density at radius 1 is 0.939 bits per heavy atom. The maximum atomic E-state index is 13.3. The fraction of sp³-hybridized carbons (Fsp3) is 0.333. The second kappa shape index (κ2) is 9.73. The van der Waals surface area contributed by atoms with Gasteiger partial charge in [0, 0.05) is 39.1 Å². The number of hydrazone groups is 1. The van der Waals surface area contributed by atoms with Crippen molar-refractivity contribution < 1.29 is 9.21 Å². The van der Waals surface area contributed by atoms with Crippen molar-refractivity contribution in [3.63, 3.8) is 0 Å². The molecule has 1 amide bonds. The highest BCUT2D eigenvalue weighted by molar-refractivity contribution is 6.03. The summed E-state index contributed by atoms with van der Waals surface area (Å²) in [6, 6.07) is 22.5. The molecule has 0 aliphatic carbocycles. The fourth-order valence-electron chi connectivity index (χ4n) is 4.57. The molecule has 1 fully saturated rings. The summed E-state index contributed by atoms with van der Waals surface area (Å²) in [6.45, 7) is 7.09. The smallest absolute Gasteiger partial charge is 0.257 e. The minimum atomic E-state index is -0.192. The van der Waals surface area contributed by atoms with E-state index < -0.39 is 0 Å². The predicted octanol–water partition coefficient (Wildman–Crippen LogP) is 4.08. The standard InChI is InChI=1S/C27H30N4O2/c1-21-9-11-23(12-10-21)24-18-25(26-8-5-17-33-26)31(28-24)27(32)20-30-15-13-29(14-16-30)19-22-6-3-2-4-7-22/h2-12,17,25H,13-16,18-20H2,1H3/t25-/m1/s1. The summed E-state index contributed by atoms with van der Waals surface area (Å²) in [4.78, 5) is 18.0. The SMILES string of the molecule is Cc1ccc(C2=NN(C(=O)CN3CCN(Cc4ccccc4)CC3)[C@@H](c3ccco3)C2)cc1. The maximum absolute atomic E-state index is 13.3. The largest absolute Gasteiger partial charge is 0.467 e. The van der Waals surface area contributed by atoms with E-state index in [4.69, 9.17) is 9.52 Å². The fourth-order valence-corrected chi connectivity index (χ4v) is 4.57. The van der Waals surface area contributed by atoms with Gasteiger partial charge in [-0.15, -0.1) is 0 Å². The van der Waals surface area contributed by atoms with Crippen LogP contribution >= 0.6 is 0 Å². The van der Waals surface area contributed by atoms with Crippen molar-refractivity contribution in [1.82, 2.24) is 14.8 Å². The number of furan rings is 1. The summed E-state index contributed by atoms with van der Waals surface area (Å²) >= 11 is 0. The number of benzene rings is 2. The number of carbonyl (C=O) groups is 1. The van der Waals surface area contributed by atoms with Crippen LogP contribution in [0.3, 0.4) is 0 Å². The molecular weight excluding hydrogens is 412 g/mol. The van der Waals surface area contributed by atoms with E-state index in [0.717, 1.165) is 49.8 Å². The van der Waals surface area contributed by atoms with Crippen LogP contribution in [-0.2, 0) is 11.3 Å². The van der Waals surface area contributed by atoms with E-state index in [2.05, 4.69) is 65.3 Å². The molecule has 0 bridgehead atoms. The molecule has 3 aromatic rings. The molecule has 2 aliphatic heterocycles. The molecule has 0 unspecified atom stereocenters. The van der Waals surface area contributed by atoms with E-state index in [1.165, 1.54) is 11.1 Å². The molecule has 2 aliphatic rings. The third-order valence-electron chi connectivity index (χ3n) is 6.50. The molecular formula is C27H30N4O2. The van der Waals surface area contributed by atoms with Crippen molar-refractivity contribution in [3.05, 3.63) is 95.4 Å². The van der Waals surface area contributed by atoms with Crippen LogP contribution in [0.5, 0.6) is 0 Å². The summed E-state index contributed by atoms with van der Waals surface area (Å²) in [7, 11) is 0. The van der Waals surface area contributed by atoms with Crippen molar-refractivity contribution in [1.29, 1.82) is 0 Å². The molecule has 1 aromatic heterocycles. The summed E-state index contributed by atoms with van der Waals surface area (Å²) < 4.78 is 5.67. The first-order valence-corrected chi connectivity index (χ1v) is 11.6. The number of piperazine rings is 1. The first-order chi connectivity index (χ1) is 16.2. The number of rotatable bonds is 6. The molecule has 2 aromatic carbocycles. The molecule has 1 atom stereocenters. The first-order valence-electron chi connectivity index (χ1n) is 11.6. The van der Waals surface area contributed by atoms with Gasteiger partial charge in [0.15, 0.2) is 0 Å². The number of nitrogens with zero attached hydrogens (tertiary/aromatic N) is 4. The van der Waals surface area contributed by atoms with Crippen LogP contribution in [0.25, 0.3) is 0 Å². The summed E-state index contributed by atoms with van der Waals surface area (Å²) in [6.07, 6.45) is 2.32. The third-order valence-corrected chi connectivity index (χ3v) is 6.50. The predicted molar refractivity (Wildman–Crippen MR) is 129 cm³/mol. The average Bonchev–Trinajstić information content (AvgIpc) is 3.52. The Kier molecular flexibility index (Phi) is 6.37. The minimum Gasteiger partial charge on any atom is -0.467 e. The van der Waals surface area contributed by atoms with Gasteiger partial charge in [-0.3, -0.25) is 14.6 Å². The zero-order valence-corrected chi connectivity index (χ0v) is 19.1. The van der Waals surface area contributed by atoms with Crippen LogP contribution in [0, 0.1) is 6.92 Å². The van der Waals surface area contributed by atoms with Gasteiger partial charge in [-0.25, -0.2) is 5.01 Å². The molecule has 0 saturated carbocycles. The van der Waals surface area contributed by atoms with Crippen molar-refractivity contribution >= 4 is 11.6 Å². The number of amides is 1. The van der Waals surface area contributed by atoms with Crippen LogP contribution in [0.2, 0.25) is 0 Å². The normalized spacial score (nSPS) is 19.6. The number of hydrogen-bond acceptors (Lipinski definition) is 5. The number of hydrogen-bond donors (Lipinski definition) is 0. The molecule has 0 spiro atoms. The van der Waals surface area contributed by atoms with E-state index >= 15 is 0 Å². The van der Waals surface area contributed by atoms with E-state index in [0.29, 0.717) is 13.0 Å². The van der Waals surface area contributed by atoms with Crippen LogP contribution in [0.15, 0.2) is 82.5 Å². The average molecular weight is 443 g/mol. The van der Waals surface area contributed by atoms with E-state index in [9.17, 15) is 4.79 Å². The lowest BCUT2D eigenvalue weighted by atomic mass is 10.0. The molecule has 0 radical (unpaired) electrons. The monoisotopic (exact) mass is 442 g/mol. The van der Waals surface area contributed by atoms with Gasteiger partial charge < -0.3 is 4.42 Å². The van der Waals surface area contributed by atoms with Crippen LogP contribution in [-0.4, -0.2) is 59.2 Å². The Hall–Kier alpha value is -3.22. The third kappa shape index (κ3) is 5.07. The molecule has 1 saturated heterocycles. The van der Waals surface area contributed by atoms with Gasteiger partial charge in [-0.1, -0.05) is 60.2 Å². The Morgan fingerprint density at radius 2 is 1.67 bits per heavy atom. The lowest BCUT2D eigenvalue weighted by Crippen LogP contribution is -2.49. The van der Waals surface area contributed by atoms with Crippen LogP contribution in [0.1, 0.15) is 34.9 Å². The van der Waals surface area contributed by atoms with Crippen molar-refractivity contribution in [2.75, 3.05) is 32.7 Å². The van der Waals surface area contributed by atoms with Crippen LogP contribution in [0.4, 0.5) is 0 Å².